The summed E-state index contributed by atoms with van der Waals surface area (Å²) in [5.41, 5.74) is 12.2. The quantitative estimate of drug-likeness (QED) is 0.193. The Hall–Kier alpha value is -3.92. The first-order valence-corrected chi connectivity index (χ1v) is 10.8. The Morgan fingerprint density at radius 2 is 1.49 bits per heavy atom. The van der Waals surface area contributed by atoms with Crippen molar-refractivity contribution >= 4 is 23.1 Å². The summed E-state index contributed by atoms with van der Waals surface area (Å²) >= 11 is 0. The number of halogens is 4. The molecule has 1 heterocycles. The molecular weight excluding hydrogens is 462 g/mol. The largest absolute Gasteiger partial charge is 0.398 e. The molecule has 35 heavy (non-hydrogen) atoms. The van der Waals surface area contributed by atoms with Crippen molar-refractivity contribution < 1.29 is 22.4 Å². The number of hydrogen-bond donors (Lipinski definition) is 2. The summed E-state index contributed by atoms with van der Waals surface area (Å²) in [5.74, 6) is -6.98. The van der Waals surface area contributed by atoms with Gasteiger partial charge in [-0.1, -0.05) is 6.07 Å². The minimum Gasteiger partial charge on any atom is -0.398 e. The number of carbonyl (C=O) groups is 1. The fraction of sp³-hybridized carbons (Fsp3) is 0.200. The summed E-state index contributed by atoms with van der Waals surface area (Å²) in [6, 6.07) is 10.7. The van der Waals surface area contributed by atoms with Gasteiger partial charge in [-0.2, -0.15) is 4.99 Å². The van der Waals surface area contributed by atoms with Gasteiger partial charge in [0.05, 0.1) is 5.56 Å². The standard InChI is InChI=1S/C25H23F4N5O/c1-33-8-10-34(11-9-33)16-5-2-14(3-6-16)25(35)32-24(31)17-7-4-15(12-20(17)30)21-22(28)18(26)13-19(27)23(21)29/h2-7,12-13H,8-11,30H2,1H3,(H2,31,32,35). The van der Waals surface area contributed by atoms with Crippen LogP contribution in [0.15, 0.2) is 53.5 Å². The van der Waals surface area contributed by atoms with E-state index in [4.69, 9.17) is 11.5 Å². The second kappa shape index (κ2) is 9.75. The molecule has 4 N–H and O–H groups in total. The molecule has 1 fully saturated rings. The number of amides is 1. The van der Waals surface area contributed by atoms with E-state index in [9.17, 15) is 22.4 Å². The van der Waals surface area contributed by atoms with E-state index in [1.165, 1.54) is 12.1 Å². The SMILES string of the molecule is CN1CCN(c2ccc(C(=O)N=C(N)c3ccc(-c4c(F)c(F)cc(F)c4F)cc3N)cc2)CC1. The molecule has 6 nitrogen and oxygen atoms in total. The summed E-state index contributed by atoms with van der Waals surface area (Å²) < 4.78 is 55.4. The predicted octanol–water partition coefficient (Wildman–Crippen LogP) is 3.79. The van der Waals surface area contributed by atoms with Gasteiger partial charge in [0.15, 0.2) is 23.3 Å². The first-order valence-electron chi connectivity index (χ1n) is 10.8. The monoisotopic (exact) mass is 485 g/mol. The number of likely N-dealkylation sites (N-methyl/N-ethyl adjacent to an activating group) is 1. The molecule has 1 aliphatic heterocycles. The van der Waals surface area contributed by atoms with Crippen molar-refractivity contribution in [2.24, 2.45) is 10.7 Å². The van der Waals surface area contributed by atoms with Crippen LogP contribution in [0.2, 0.25) is 0 Å². The van der Waals surface area contributed by atoms with Crippen LogP contribution in [0.3, 0.4) is 0 Å². The number of nitrogens with zero attached hydrogens (tertiary/aromatic N) is 3. The van der Waals surface area contributed by atoms with Gasteiger partial charge in [0.2, 0.25) is 0 Å². The summed E-state index contributed by atoms with van der Waals surface area (Å²) in [7, 11) is 2.07. The Labute approximate surface area is 199 Å². The maximum absolute atomic E-state index is 14.1. The van der Waals surface area contributed by atoms with Gasteiger partial charge in [-0.3, -0.25) is 4.79 Å². The normalized spacial score (nSPS) is 14.9. The van der Waals surface area contributed by atoms with Gasteiger partial charge in [-0.15, -0.1) is 0 Å². The van der Waals surface area contributed by atoms with Crippen LogP contribution in [0.25, 0.3) is 11.1 Å². The number of nitrogens with two attached hydrogens (primary N) is 2. The number of piperazine rings is 1. The molecule has 1 aliphatic rings. The van der Waals surface area contributed by atoms with Crippen molar-refractivity contribution in [3.8, 4) is 11.1 Å². The molecule has 3 aromatic rings. The third-order valence-electron chi connectivity index (χ3n) is 5.93. The van der Waals surface area contributed by atoms with E-state index < -0.39 is 34.7 Å². The number of nitrogen functional groups attached to an aromatic ring is 1. The summed E-state index contributed by atoms with van der Waals surface area (Å²) in [4.78, 5) is 21.0. The molecule has 0 unspecified atom stereocenters. The third kappa shape index (κ3) is 4.97. The van der Waals surface area contributed by atoms with Gasteiger partial charge in [0, 0.05) is 54.7 Å². The molecule has 3 aromatic carbocycles. The van der Waals surface area contributed by atoms with E-state index in [2.05, 4.69) is 21.8 Å². The second-order valence-electron chi connectivity index (χ2n) is 8.28. The topological polar surface area (TPSA) is 87.9 Å². The molecule has 0 saturated carbocycles. The van der Waals surface area contributed by atoms with E-state index in [0.29, 0.717) is 5.56 Å². The van der Waals surface area contributed by atoms with Gasteiger partial charge in [-0.25, -0.2) is 17.6 Å². The fourth-order valence-electron chi connectivity index (χ4n) is 3.89. The lowest BCUT2D eigenvalue weighted by Crippen LogP contribution is -2.44. The van der Waals surface area contributed by atoms with Gasteiger partial charge >= 0.3 is 0 Å². The smallest absolute Gasteiger partial charge is 0.278 e. The number of anilines is 2. The van der Waals surface area contributed by atoms with Gasteiger partial charge < -0.3 is 21.3 Å². The number of benzene rings is 3. The summed E-state index contributed by atoms with van der Waals surface area (Å²) in [5, 5.41) is 0. The Kier molecular flexibility index (Phi) is 6.74. The number of hydrogen-bond acceptors (Lipinski definition) is 4. The zero-order chi connectivity index (χ0) is 25.3. The Morgan fingerprint density at radius 1 is 0.886 bits per heavy atom. The molecular formula is C25H23F4N5O. The van der Waals surface area contributed by atoms with E-state index in [1.807, 2.05) is 12.1 Å². The molecule has 0 radical (unpaired) electrons. The van der Waals surface area contributed by atoms with E-state index in [0.717, 1.165) is 37.9 Å². The maximum Gasteiger partial charge on any atom is 0.278 e. The zero-order valence-corrected chi connectivity index (χ0v) is 18.9. The third-order valence-corrected chi connectivity index (χ3v) is 5.93. The van der Waals surface area contributed by atoms with Crippen molar-refractivity contribution in [3.63, 3.8) is 0 Å². The van der Waals surface area contributed by atoms with Crippen LogP contribution in [0.4, 0.5) is 28.9 Å². The molecule has 0 atom stereocenters. The average Bonchev–Trinajstić information content (AvgIpc) is 2.83. The van der Waals surface area contributed by atoms with Gasteiger partial charge in [0.1, 0.15) is 5.84 Å². The lowest BCUT2D eigenvalue weighted by molar-refractivity contribution is 0.100. The van der Waals surface area contributed by atoms with E-state index in [-0.39, 0.29) is 28.7 Å². The molecule has 4 rings (SSSR count). The van der Waals surface area contributed by atoms with Crippen LogP contribution in [-0.2, 0) is 0 Å². The second-order valence-corrected chi connectivity index (χ2v) is 8.28. The number of aliphatic imine (C=N–C) groups is 1. The van der Waals surface area contributed by atoms with Crippen molar-refractivity contribution in [1.29, 1.82) is 0 Å². The Balaban J connectivity index is 1.55. The fourth-order valence-corrected chi connectivity index (χ4v) is 3.89. The predicted molar refractivity (Wildman–Crippen MR) is 127 cm³/mol. The molecule has 1 saturated heterocycles. The molecule has 1 amide bonds. The van der Waals surface area contributed by atoms with Crippen molar-refractivity contribution in [3.05, 3.63) is 82.9 Å². The lowest BCUT2D eigenvalue weighted by atomic mass is 10.0. The van der Waals surface area contributed by atoms with Crippen LogP contribution < -0.4 is 16.4 Å². The van der Waals surface area contributed by atoms with E-state index >= 15 is 0 Å². The van der Waals surface area contributed by atoms with Crippen LogP contribution in [-0.4, -0.2) is 49.9 Å². The van der Waals surface area contributed by atoms with Gasteiger partial charge in [-0.05, 0) is 49.0 Å². The average molecular weight is 485 g/mol. The summed E-state index contributed by atoms with van der Waals surface area (Å²) in [6.45, 7) is 3.69. The highest BCUT2D eigenvalue weighted by atomic mass is 19.2. The van der Waals surface area contributed by atoms with Crippen LogP contribution in [0, 0.1) is 23.3 Å². The lowest BCUT2D eigenvalue weighted by Gasteiger charge is -2.34. The van der Waals surface area contributed by atoms with Gasteiger partial charge in [0.25, 0.3) is 5.91 Å². The highest BCUT2D eigenvalue weighted by molar-refractivity contribution is 6.11. The Bertz CT molecular complexity index is 1280. The van der Waals surface area contributed by atoms with Crippen molar-refractivity contribution in [1.82, 2.24) is 4.90 Å². The highest BCUT2D eigenvalue weighted by Gasteiger charge is 2.21. The van der Waals surface area contributed by atoms with Crippen molar-refractivity contribution in [2.75, 3.05) is 43.9 Å². The van der Waals surface area contributed by atoms with Crippen LogP contribution >= 0.6 is 0 Å². The first-order chi connectivity index (χ1) is 16.7. The molecule has 10 heteroatoms. The summed E-state index contributed by atoms with van der Waals surface area (Å²) in [6.07, 6.45) is 0. The molecule has 0 aliphatic carbocycles. The Morgan fingerprint density at radius 3 is 2.06 bits per heavy atom. The first kappa shape index (κ1) is 24.2. The highest BCUT2D eigenvalue weighted by Crippen LogP contribution is 2.31. The molecule has 0 spiro atoms. The molecule has 182 valence electrons. The number of rotatable bonds is 4. The maximum atomic E-state index is 14.1. The van der Waals surface area contributed by atoms with E-state index in [1.54, 1.807) is 12.1 Å². The van der Waals surface area contributed by atoms with Crippen LogP contribution in [0.5, 0.6) is 0 Å². The molecule has 0 bridgehead atoms. The van der Waals surface area contributed by atoms with Crippen molar-refractivity contribution in [2.45, 2.75) is 0 Å². The van der Waals surface area contributed by atoms with Crippen LogP contribution in [0.1, 0.15) is 15.9 Å². The minimum absolute atomic E-state index is 0.0783. The minimum atomic E-state index is -1.55. The molecule has 0 aromatic heterocycles. The number of amidine groups is 1. The zero-order valence-electron chi connectivity index (χ0n) is 18.9. The number of carbonyl (C=O) groups excluding carboxylic acids is 1.